The summed E-state index contributed by atoms with van der Waals surface area (Å²) in [7, 11) is 0. The van der Waals surface area contributed by atoms with Gasteiger partial charge in [-0.25, -0.2) is 9.97 Å². The number of anilines is 2. The number of benzene rings is 1. The molecule has 1 aromatic carbocycles. The van der Waals surface area contributed by atoms with E-state index >= 15 is 0 Å². The van der Waals surface area contributed by atoms with E-state index in [2.05, 4.69) is 25.6 Å². The van der Waals surface area contributed by atoms with Crippen molar-refractivity contribution in [3.63, 3.8) is 0 Å². The Kier molecular flexibility index (Phi) is 6.49. The van der Waals surface area contributed by atoms with Gasteiger partial charge in [0.15, 0.2) is 0 Å². The van der Waals surface area contributed by atoms with Gasteiger partial charge in [-0.1, -0.05) is 12.8 Å². The van der Waals surface area contributed by atoms with E-state index in [1.165, 1.54) is 6.33 Å². The van der Waals surface area contributed by atoms with Gasteiger partial charge in [0.1, 0.15) is 12.1 Å². The average Bonchev–Trinajstić information content (AvgIpc) is 2.81. The Balaban J connectivity index is 1.68. The van der Waals surface area contributed by atoms with Crippen LogP contribution in [0, 0.1) is 0 Å². The van der Waals surface area contributed by atoms with Gasteiger partial charge in [0, 0.05) is 54.0 Å². The topological polar surface area (TPSA) is 132 Å². The van der Waals surface area contributed by atoms with Crippen LogP contribution < -0.4 is 22.1 Å². The van der Waals surface area contributed by atoms with Gasteiger partial charge in [-0.2, -0.15) is 0 Å². The molecule has 0 saturated heterocycles. The summed E-state index contributed by atoms with van der Waals surface area (Å²) in [5.74, 6) is 0.532. The summed E-state index contributed by atoms with van der Waals surface area (Å²) in [6, 6.07) is 9.32. The van der Waals surface area contributed by atoms with Gasteiger partial charge >= 0.3 is 0 Å². The zero-order valence-corrected chi connectivity index (χ0v) is 17.3. The zero-order valence-electron chi connectivity index (χ0n) is 17.3. The number of hydrogen-bond donors (Lipinski definition) is 4. The summed E-state index contributed by atoms with van der Waals surface area (Å²) in [4.78, 5) is 25.7. The summed E-state index contributed by atoms with van der Waals surface area (Å²) in [5.41, 5.74) is 15.9. The van der Waals surface area contributed by atoms with E-state index in [0.29, 0.717) is 17.9 Å². The molecule has 160 valence electrons. The highest BCUT2D eigenvalue weighted by molar-refractivity contribution is 6.01. The maximum absolute atomic E-state index is 13.2. The van der Waals surface area contributed by atoms with Gasteiger partial charge in [-0.3, -0.25) is 9.78 Å². The first-order valence-electron chi connectivity index (χ1n) is 10.5. The van der Waals surface area contributed by atoms with Crippen LogP contribution in [0.15, 0.2) is 55.2 Å². The van der Waals surface area contributed by atoms with Gasteiger partial charge in [0.25, 0.3) is 5.91 Å². The Labute approximate surface area is 181 Å². The van der Waals surface area contributed by atoms with Gasteiger partial charge in [-0.05, 0) is 54.3 Å². The van der Waals surface area contributed by atoms with Crippen LogP contribution in [0.4, 0.5) is 11.5 Å². The number of nitrogens with zero attached hydrogens (tertiary/aromatic N) is 3. The molecule has 0 bridgehead atoms. The fraction of sp³-hybridized carbons (Fsp3) is 0.304. The first kappa shape index (κ1) is 20.9. The van der Waals surface area contributed by atoms with Gasteiger partial charge in [0.2, 0.25) is 0 Å². The number of amides is 1. The molecule has 1 aliphatic carbocycles. The Morgan fingerprint density at radius 1 is 1.10 bits per heavy atom. The monoisotopic (exact) mass is 417 g/mol. The second-order valence-corrected chi connectivity index (χ2v) is 7.79. The fourth-order valence-corrected chi connectivity index (χ4v) is 3.90. The van der Waals surface area contributed by atoms with Crippen LogP contribution in [0.25, 0.3) is 11.1 Å². The predicted molar refractivity (Wildman–Crippen MR) is 121 cm³/mol. The quantitative estimate of drug-likeness (QED) is 0.485. The van der Waals surface area contributed by atoms with E-state index in [1.807, 2.05) is 24.3 Å². The molecule has 2 atom stereocenters. The van der Waals surface area contributed by atoms with Crippen molar-refractivity contribution in [2.45, 2.75) is 44.3 Å². The SMILES string of the molecule is NCc1cncc(-c2cc(Nc3ccncn3)ccc2C(=O)NC2CCCCC2N)c1. The van der Waals surface area contributed by atoms with Crippen molar-refractivity contribution in [3.8, 4) is 11.1 Å². The van der Waals surface area contributed by atoms with Crippen molar-refractivity contribution >= 4 is 17.4 Å². The smallest absolute Gasteiger partial charge is 0.252 e. The molecule has 0 radical (unpaired) electrons. The second kappa shape index (κ2) is 9.63. The Bertz CT molecular complexity index is 1040. The molecule has 1 saturated carbocycles. The molecular formula is C23H27N7O. The first-order chi connectivity index (χ1) is 15.1. The van der Waals surface area contributed by atoms with Crippen LogP contribution in [0.1, 0.15) is 41.6 Å². The maximum atomic E-state index is 13.2. The lowest BCUT2D eigenvalue weighted by molar-refractivity contribution is 0.0922. The molecule has 2 aromatic heterocycles. The molecule has 6 N–H and O–H groups in total. The first-order valence-corrected chi connectivity index (χ1v) is 10.5. The van der Waals surface area contributed by atoms with Gasteiger partial charge in [0.05, 0.1) is 0 Å². The number of carbonyl (C=O) groups excluding carboxylic acids is 1. The Hall–Kier alpha value is -3.36. The number of carbonyl (C=O) groups is 1. The van der Waals surface area contributed by atoms with E-state index in [-0.39, 0.29) is 18.0 Å². The van der Waals surface area contributed by atoms with Gasteiger partial charge in [-0.15, -0.1) is 0 Å². The third-order valence-corrected chi connectivity index (χ3v) is 5.60. The van der Waals surface area contributed by atoms with E-state index in [1.54, 1.807) is 24.7 Å². The molecule has 8 nitrogen and oxygen atoms in total. The Morgan fingerprint density at radius 3 is 2.74 bits per heavy atom. The number of aromatic nitrogens is 3. The molecule has 2 unspecified atom stereocenters. The molecular weight excluding hydrogens is 390 g/mol. The molecule has 1 amide bonds. The van der Waals surface area contributed by atoms with Crippen LogP contribution in [-0.4, -0.2) is 32.9 Å². The number of nitrogens with two attached hydrogens (primary N) is 2. The van der Waals surface area contributed by atoms with Crippen LogP contribution in [0.2, 0.25) is 0 Å². The van der Waals surface area contributed by atoms with Crippen molar-refractivity contribution in [2.75, 3.05) is 5.32 Å². The maximum Gasteiger partial charge on any atom is 0.252 e. The Morgan fingerprint density at radius 2 is 1.97 bits per heavy atom. The number of hydrogen-bond acceptors (Lipinski definition) is 7. The largest absolute Gasteiger partial charge is 0.348 e. The van der Waals surface area contributed by atoms with E-state index < -0.39 is 0 Å². The lowest BCUT2D eigenvalue weighted by Gasteiger charge is -2.29. The second-order valence-electron chi connectivity index (χ2n) is 7.79. The van der Waals surface area contributed by atoms with Crippen molar-refractivity contribution in [2.24, 2.45) is 11.5 Å². The average molecular weight is 418 g/mol. The minimum atomic E-state index is -0.135. The predicted octanol–water partition coefficient (Wildman–Crippen LogP) is 2.74. The zero-order chi connectivity index (χ0) is 21.6. The summed E-state index contributed by atoms with van der Waals surface area (Å²) in [5, 5.41) is 6.39. The van der Waals surface area contributed by atoms with Crippen LogP contribution in [0.5, 0.6) is 0 Å². The summed E-state index contributed by atoms with van der Waals surface area (Å²) in [6.45, 7) is 0.373. The molecule has 2 heterocycles. The highest BCUT2D eigenvalue weighted by atomic mass is 16.1. The minimum absolute atomic E-state index is 0.0120. The molecule has 0 aliphatic heterocycles. The lowest BCUT2D eigenvalue weighted by Crippen LogP contribution is -2.49. The number of rotatable bonds is 6. The molecule has 3 aromatic rings. The normalized spacial score (nSPS) is 18.4. The third-order valence-electron chi connectivity index (χ3n) is 5.60. The highest BCUT2D eigenvalue weighted by Gasteiger charge is 2.25. The standard InChI is InChI=1S/C23H27N7O/c24-11-15-9-16(13-27-12-15)19-10-17(29-22-7-8-26-14-28-22)5-6-18(19)23(31)30-21-4-2-1-3-20(21)25/h5-10,12-14,20-21H,1-4,11,24-25H2,(H,30,31)(H,26,28,29). The van der Waals surface area contributed by atoms with Crippen LogP contribution in [-0.2, 0) is 6.54 Å². The van der Waals surface area contributed by atoms with Crippen molar-refractivity contribution < 1.29 is 4.79 Å². The third kappa shape index (κ3) is 5.04. The number of pyridine rings is 1. The van der Waals surface area contributed by atoms with E-state index in [4.69, 9.17) is 11.5 Å². The van der Waals surface area contributed by atoms with E-state index in [0.717, 1.165) is 48.1 Å². The molecule has 1 fully saturated rings. The lowest BCUT2D eigenvalue weighted by atomic mass is 9.90. The molecule has 8 heteroatoms. The molecule has 31 heavy (non-hydrogen) atoms. The molecule has 0 spiro atoms. The summed E-state index contributed by atoms with van der Waals surface area (Å²) in [6.07, 6.45) is 10.6. The fourth-order valence-electron chi connectivity index (χ4n) is 3.90. The van der Waals surface area contributed by atoms with Crippen LogP contribution in [0.3, 0.4) is 0 Å². The highest BCUT2D eigenvalue weighted by Crippen LogP contribution is 2.29. The summed E-state index contributed by atoms with van der Waals surface area (Å²) >= 11 is 0. The van der Waals surface area contributed by atoms with Gasteiger partial charge < -0.3 is 22.1 Å². The molecule has 4 rings (SSSR count). The molecule has 1 aliphatic rings. The van der Waals surface area contributed by atoms with Crippen molar-refractivity contribution in [1.82, 2.24) is 20.3 Å². The minimum Gasteiger partial charge on any atom is -0.348 e. The summed E-state index contributed by atoms with van der Waals surface area (Å²) < 4.78 is 0. The van der Waals surface area contributed by atoms with E-state index in [9.17, 15) is 4.79 Å². The van der Waals surface area contributed by atoms with Crippen LogP contribution >= 0.6 is 0 Å². The number of nitrogens with one attached hydrogen (secondary N) is 2. The van der Waals surface area contributed by atoms with Crippen molar-refractivity contribution in [3.05, 3.63) is 66.4 Å². The van der Waals surface area contributed by atoms with Crippen molar-refractivity contribution in [1.29, 1.82) is 0 Å².